The van der Waals surface area contributed by atoms with Crippen molar-refractivity contribution in [1.82, 2.24) is 5.32 Å². The van der Waals surface area contributed by atoms with Gasteiger partial charge in [-0.3, -0.25) is 9.59 Å². The van der Waals surface area contributed by atoms with Crippen LogP contribution in [-0.4, -0.2) is 47.4 Å². The predicted molar refractivity (Wildman–Crippen MR) is 227 cm³/mol. The summed E-state index contributed by atoms with van der Waals surface area (Å²) in [4.78, 5) is 24.4. The van der Waals surface area contributed by atoms with Crippen molar-refractivity contribution in [3.8, 4) is 0 Å². The number of aliphatic hydroxyl groups is 2. The summed E-state index contributed by atoms with van der Waals surface area (Å²) in [5.74, 6) is -0.0838. The third-order valence-electron chi connectivity index (χ3n) is 11.2. The average Bonchev–Trinajstić information content (AvgIpc) is 3.16. The highest BCUT2D eigenvalue weighted by molar-refractivity contribution is 5.76. The number of carbonyl (C=O) groups is 2. The fourth-order valence-corrected chi connectivity index (χ4v) is 7.46. The molecule has 3 N–H and O–H groups in total. The summed E-state index contributed by atoms with van der Waals surface area (Å²) < 4.78 is 5.45. The molecular formula is C47H93NO5. The molecule has 0 saturated carbocycles. The molecule has 316 valence electrons. The van der Waals surface area contributed by atoms with Gasteiger partial charge in [0.15, 0.2) is 0 Å². The van der Waals surface area contributed by atoms with Gasteiger partial charge < -0.3 is 20.3 Å². The van der Waals surface area contributed by atoms with E-state index in [1.165, 1.54) is 173 Å². The van der Waals surface area contributed by atoms with Gasteiger partial charge in [0, 0.05) is 12.8 Å². The number of rotatable bonds is 44. The number of unbranched alkanes of at least 4 members (excludes halogenated alkanes) is 33. The lowest BCUT2D eigenvalue weighted by molar-refractivity contribution is -0.143. The van der Waals surface area contributed by atoms with Gasteiger partial charge in [0.1, 0.15) is 0 Å². The Morgan fingerprint density at radius 2 is 0.774 bits per heavy atom. The molecule has 0 aromatic rings. The molecule has 0 heterocycles. The Labute approximate surface area is 330 Å². The first-order valence-electron chi connectivity index (χ1n) is 23.8. The summed E-state index contributed by atoms with van der Waals surface area (Å²) in [6.45, 7) is 4.89. The van der Waals surface area contributed by atoms with Crippen molar-refractivity contribution in [3.05, 3.63) is 0 Å². The summed E-state index contributed by atoms with van der Waals surface area (Å²) in [5, 5.41) is 23.1. The molecule has 2 atom stereocenters. The minimum Gasteiger partial charge on any atom is -0.466 e. The second-order valence-electron chi connectivity index (χ2n) is 16.5. The second-order valence-corrected chi connectivity index (χ2v) is 16.5. The van der Waals surface area contributed by atoms with E-state index in [0.717, 1.165) is 57.8 Å². The Morgan fingerprint density at radius 3 is 1.15 bits per heavy atom. The van der Waals surface area contributed by atoms with Crippen molar-refractivity contribution in [2.45, 2.75) is 276 Å². The second kappa shape index (κ2) is 43.6. The number of ether oxygens (including phenoxy) is 1. The van der Waals surface area contributed by atoms with E-state index in [4.69, 9.17) is 4.74 Å². The van der Waals surface area contributed by atoms with E-state index in [2.05, 4.69) is 19.2 Å². The van der Waals surface area contributed by atoms with E-state index in [0.29, 0.717) is 25.9 Å². The Morgan fingerprint density at radius 1 is 0.453 bits per heavy atom. The predicted octanol–water partition coefficient (Wildman–Crippen LogP) is 13.6. The van der Waals surface area contributed by atoms with Crippen LogP contribution in [0.1, 0.15) is 264 Å². The van der Waals surface area contributed by atoms with Crippen molar-refractivity contribution in [3.63, 3.8) is 0 Å². The fourth-order valence-electron chi connectivity index (χ4n) is 7.46. The first-order valence-corrected chi connectivity index (χ1v) is 23.8. The molecule has 0 aliphatic rings. The van der Waals surface area contributed by atoms with Crippen molar-refractivity contribution < 1.29 is 24.5 Å². The van der Waals surface area contributed by atoms with E-state index < -0.39 is 12.1 Å². The maximum Gasteiger partial charge on any atom is 0.305 e. The van der Waals surface area contributed by atoms with Crippen LogP contribution in [0, 0.1) is 0 Å². The Hall–Kier alpha value is -1.14. The molecule has 0 rings (SSSR count). The molecule has 53 heavy (non-hydrogen) atoms. The largest absolute Gasteiger partial charge is 0.466 e. The van der Waals surface area contributed by atoms with E-state index in [1.807, 2.05) is 0 Å². The Kier molecular flexibility index (Phi) is 42.6. The minimum absolute atomic E-state index is 0.0216. The van der Waals surface area contributed by atoms with Crippen LogP contribution in [0.3, 0.4) is 0 Å². The molecule has 0 bridgehead atoms. The third kappa shape index (κ3) is 40.3. The number of nitrogens with one attached hydrogen (secondary N) is 1. The summed E-state index contributed by atoms with van der Waals surface area (Å²) >= 11 is 0. The number of hydrogen-bond acceptors (Lipinski definition) is 5. The SMILES string of the molecule is CCCCCCCCCCCCCCCCCCC(=O)OCCCCCCCCCCCC(=O)NC(CO)C(O)CCCCCCCCCCCCC. The molecule has 0 aliphatic carbocycles. The van der Waals surface area contributed by atoms with Gasteiger partial charge in [0.25, 0.3) is 0 Å². The molecule has 0 radical (unpaired) electrons. The van der Waals surface area contributed by atoms with Gasteiger partial charge in [-0.2, -0.15) is 0 Å². The van der Waals surface area contributed by atoms with Crippen LogP contribution < -0.4 is 5.32 Å². The molecule has 0 spiro atoms. The summed E-state index contributed by atoms with van der Waals surface area (Å²) in [5.41, 5.74) is 0. The highest BCUT2D eigenvalue weighted by atomic mass is 16.5. The highest BCUT2D eigenvalue weighted by Crippen LogP contribution is 2.16. The van der Waals surface area contributed by atoms with Crippen molar-refractivity contribution in [1.29, 1.82) is 0 Å². The monoisotopic (exact) mass is 752 g/mol. The van der Waals surface area contributed by atoms with E-state index in [1.54, 1.807) is 0 Å². The van der Waals surface area contributed by atoms with Gasteiger partial charge in [-0.15, -0.1) is 0 Å². The van der Waals surface area contributed by atoms with Gasteiger partial charge in [0.2, 0.25) is 5.91 Å². The zero-order valence-electron chi connectivity index (χ0n) is 35.8. The molecule has 1 amide bonds. The standard InChI is InChI=1S/C47H93NO5/c1-3-5-7-9-11-13-15-16-17-18-19-21-25-29-33-37-41-47(52)53-42-38-34-30-26-22-24-28-32-36-40-46(51)48-44(43-49)45(50)39-35-31-27-23-20-14-12-10-8-6-4-2/h44-45,49-50H,3-43H2,1-2H3,(H,48,51). The van der Waals surface area contributed by atoms with Gasteiger partial charge in [-0.1, -0.05) is 226 Å². The van der Waals surface area contributed by atoms with E-state index >= 15 is 0 Å². The Bertz CT molecular complexity index is 746. The first-order chi connectivity index (χ1) is 26.0. The molecule has 6 heteroatoms. The summed E-state index contributed by atoms with van der Waals surface area (Å²) in [6, 6.07) is -0.558. The maximum absolute atomic E-state index is 12.4. The zero-order chi connectivity index (χ0) is 38.7. The van der Waals surface area contributed by atoms with Crippen LogP contribution in [0.15, 0.2) is 0 Å². The lowest BCUT2D eigenvalue weighted by Gasteiger charge is -2.22. The number of carbonyl (C=O) groups excluding carboxylic acids is 2. The molecule has 0 aromatic heterocycles. The molecular weight excluding hydrogens is 659 g/mol. The van der Waals surface area contributed by atoms with Crippen LogP contribution in [0.25, 0.3) is 0 Å². The maximum atomic E-state index is 12.4. The van der Waals surface area contributed by atoms with Crippen LogP contribution in [0.4, 0.5) is 0 Å². The van der Waals surface area contributed by atoms with Crippen LogP contribution in [-0.2, 0) is 14.3 Å². The van der Waals surface area contributed by atoms with Crippen LogP contribution in [0.5, 0.6) is 0 Å². The average molecular weight is 752 g/mol. The molecule has 6 nitrogen and oxygen atoms in total. The highest BCUT2D eigenvalue weighted by Gasteiger charge is 2.20. The lowest BCUT2D eigenvalue weighted by Crippen LogP contribution is -2.45. The van der Waals surface area contributed by atoms with E-state index in [9.17, 15) is 19.8 Å². The molecule has 0 aliphatic heterocycles. The topological polar surface area (TPSA) is 95.9 Å². The zero-order valence-corrected chi connectivity index (χ0v) is 35.8. The van der Waals surface area contributed by atoms with E-state index in [-0.39, 0.29) is 18.5 Å². The van der Waals surface area contributed by atoms with Gasteiger partial charge >= 0.3 is 5.97 Å². The van der Waals surface area contributed by atoms with Crippen molar-refractivity contribution in [2.75, 3.05) is 13.2 Å². The van der Waals surface area contributed by atoms with Gasteiger partial charge in [-0.25, -0.2) is 0 Å². The normalized spacial score (nSPS) is 12.6. The van der Waals surface area contributed by atoms with Crippen LogP contribution in [0.2, 0.25) is 0 Å². The number of aliphatic hydroxyl groups excluding tert-OH is 2. The summed E-state index contributed by atoms with van der Waals surface area (Å²) in [7, 11) is 0. The minimum atomic E-state index is -0.678. The van der Waals surface area contributed by atoms with Crippen LogP contribution >= 0.6 is 0 Å². The smallest absolute Gasteiger partial charge is 0.305 e. The molecule has 0 aromatic carbocycles. The number of amides is 1. The number of esters is 1. The molecule has 0 saturated heterocycles. The fraction of sp³-hybridized carbons (Fsp3) is 0.957. The first kappa shape index (κ1) is 51.9. The van der Waals surface area contributed by atoms with Crippen molar-refractivity contribution in [2.24, 2.45) is 0 Å². The quantitative estimate of drug-likeness (QED) is 0.0425. The lowest BCUT2D eigenvalue weighted by atomic mass is 10.0. The summed E-state index contributed by atoms with van der Waals surface area (Å²) in [6.07, 6.45) is 46.3. The Balaban J connectivity index is 3.45. The molecule has 0 fully saturated rings. The third-order valence-corrected chi connectivity index (χ3v) is 11.2. The van der Waals surface area contributed by atoms with Crippen molar-refractivity contribution >= 4 is 11.9 Å². The number of hydrogen-bond donors (Lipinski definition) is 3. The van der Waals surface area contributed by atoms with Gasteiger partial charge in [-0.05, 0) is 25.7 Å². The van der Waals surface area contributed by atoms with Gasteiger partial charge in [0.05, 0.1) is 25.4 Å². The molecule has 2 unspecified atom stereocenters.